The summed E-state index contributed by atoms with van der Waals surface area (Å²) in [6.07, 6.45) is 0. The molecule has 3 nitrogen and oxygen atoms in total. The predicted molar refractivity (Wildman–Crippen MR) is 79.9 cm³/mol. The highest BCUT2D eigenvalue weighted by Gasteiger charge is 2.32. The monoisotopic (exact) mass is 328 g/mol. The Kier molecular flexibility index (Phi) is 8.54. The molecule has 1 aliphatic heterocycles. The lowest BCUT2D eigenvalue weighted by molar-refractivity contribution is 0.159. The minimum atomic E-state index is -0.422. The van der Waals surface area contributed by atoms with Gasteiger partial charge in [-0.3, -0.25) is 4.90 Å². The summed E-state index contributed by atoms with van der Waals surface area (Å²) in [7, 11) is 1.64. The fourth-order valence-electron chi connectivity index (χ4n) is 2.44. The smallest absolute Gasteiger partial charge is 0.126 e. The highest BCUT2D eigenvalue weighted by Crippen LogP contribution is 2.28. The van der Waals surface area contributed by atoms with Gasteiger partial charge in [0.05, 0.1) is 6.61 Å². The van der Waals surface area contributed by atoms with Gasteiger partial charge in [-0.2, -0.15) is 0 Å². The maximum Gasteiger partial charge on any atom is 0.126 e. The molecule has 116 valence electrons. The molecule has 2 rings (SSSR count). The third-order valence-electron chi connectivity index (χ3n) is 3.41. The molecular formula is C13H20Cl2F2N2O. The highest BCUT2D eigenvalue weighted by atomic mass is 35.5. The Balaban J connectivity index is 0.00000180. The van der Waals surface area contributed by atoms with E-state index in [4.69, 9.17) is 10.5 Å². The summed E-state index contributed by atoms with van der Waals surface area (Å²) in [5.74, 6) is -0.961. The van der Waals surface area contributed by atoms with Crippen molar-refractivity contribution in [2.24, 2.45) is 5.73 Å². The third-order valence-corrected chi connectivity index (χ3v) is 3.41. The molecule has 1 aromatic rings. The SMILES string of the molecule is COCCN1C[C@@H](N)[C@H](c2cc(F)ccc2F)C1.Cl.Cl. The van der Waals surface area contributed by atoms with Crippen molar-refractivity contribution in [1.29, 1.82) is 0 Å². The molecule has 1 aromatic carbocycles. The number of benzene rings is 1. The number of methoxy groups -OCH3 is 1. The van der Waals surface area contributed by atoms with Gasteiger partial charge in [0.2, 0.25) is 0 Å². The van der Waals surface area contributed by atoms with Crippen LogP contribution in [0.4, 0.5) is 8.78 Å². The quantitative estimate of drug-likeness (QED) is 0.920. The molecule has 1 fully saturated rings. The van der Waals surface area contributed by atoms with Gasteiger partial charge in [-0.25, -0.2) is 8.78 Å². The maximum absolute atomic E-state index is 13.7. The van der Waals surface area contributed by atoms with E-state index < -0.39 is 5.82 Å². The van der Waals surface area contributed by atoms with E-state index >= 15 is 0 Å². The second kappa shape index (κ2) is 8.74. The number of halogens is 4. The lowest BCUT2D eigenvalue weighted by atomic mass is 9.94. The van der Waals surface area contributed by atoms with Gasteiger partial charge in [-0.1, -0.05) is 0 Å². The molecule has 1 heterocycles. The Bertz CT molecular complexity index is 423. The second-order valence-corrected chi connectivity index (χ2v) is 4.69. The summed E-state index contributed by atoms with van der Waals surface area (Å²) in [6.45, 7) is 2.71. The van der Waals surface area contributed by atoms with Crippen molar-refractivity contribution in [3.05, 3.63) is 35.4 Å². The lowest BCUT2D eigenvalue weighted by Crippen LogP contribution is -2.30. The molecule has 0 bridgehead atoms. The first kappa shape index (κ1) is 19.5. The van der Waals surface area contributed by atoms with Crippen LogP contribution in [0.25, 0.3) is 0 Å². The number of nitrogens with two attached hydrogens (primary N) is 1. The average molecular weight is 329 g/mol. The van der Waals surface area contributed by atoms with Gasteiger partial charge in [-0.05, 0) is 23.8 Å². The minimum Gasteiger partial charge on any atom is -0.383 e. The van der Waals surface area contributed by atoms with Crippen LogP contribution in [-0.2, 0) is 4.74 Å². The summed E-state index contributed by atoms with van der Waals surface area (Å²) in [6, 6.07) is 3.37. The van der Waals surface area contributed by atoms with Crippen molar-refractivity contribution in [1.82, 2.24) is 4.90 Å². The zero-order valence-electron chi connectivity index (χ0n) is 11.2. The molecule has 0 aliphatic carbocycles. The zero-order valence-corrected chi connectivity index (χ0v) is 12.9. The summed E-state index contributed by atoms with van der Waals surface area (Å²) in [5, 5.41) is 0. The molecule has 0 amide bonds. The van der Waals surface area contributed by atoms with Gasteiger partial charge >= 0.3 is 0 Å². The molecule has 0 radical (unpaired) electrons. The van der Waals surface area contributed by atoms with E-state index in [1.54, 1.807) is 7.11 Å². The minimum absolute atomic E-state index is 0. The standard InChI is InChI=1S/C13H18F2N2O.2ClH/c1-18-5-4-17-7-11(13(16)8-17)10-6-9(14)2-3-12(10)15;;/h2-3,6,11,13H,4-5,7-8,16H2,1H3;2*1H/t11-,13+;;/m0../s1. The Morgan fingerprint density at radius 3 is 2.65 bits per heavy atom. The van der Waals surface area contributed by atoms with Crippen molar-refractivity contribution in [2.75, 3.05) is 33.4 Å². The van der Waals surface area contributed by atoms with Crippen LogP contribution in [-0.4, -0.2) is 44.3 Å². The number of hydrogen-bond acceptors (Lipinski definition) is 3. The molecule has 2 N–H and O–H groups in total. The summed E-state index contributed by atoms with van der Waals surface area (Å²) in [5.41, 5.74) is 6.40. The van der Waals surface area contributed by atoms with Crippen LogP contribution in [0, 0.1) is 11.6 Å². The van der Waals surface area contributed by atoms with Gasteiger partial charge in [0.1, 0.15) is 11.6 Å². The fourth-order valence-corrected chi connectivity index (χ4v) is 2.44. The first-order valence-electron chi connectivity index (χ1n) is 6.03. The van der Waals surface area contributed by atoms with Gasteiger partial charge in [-0.15, -0.1) is 24.8 Å². The van der Waals surface area contributed by atoms with Crippen molar-refractivity contribution in [2.45, 2.75) is 12.0 Å². The van der Waals surface area contributed by atoms with Crippen LogP contribution < -0.4 is 5.73 Å². The topological polar surface area (TPSA) is 38.5 Å². The van der Waals surface area contributed by atoms with Crippen LogP contribution in [0.3, 0.4) is 0 Å². The first-order valence-corrected chi connectivity index (χ1v) is 6.03. The Labute approximate surface area is 130 Å². The molecule has 20 heavy (non-hydrogen) atoms. The molecule has 0 aromatic heterocycles. The Morgan fingerprint density at radius 2 is 2.00 bits per heavy atom. The Morgan fingerprint density at radius 1 is 1.30 bits per heavy atom. The average Bonchev–Trinajstić information content (AvgIpc) is 2.71. The van der Waals surface area contributed by atoms with Crippen LogP contribution in [0.5, 0.6) is 0 Å². The van der Waals surface area contributed by atoms with Crippen molar-refractivity contribution >= 4 is 24.8 Å². The fraction of sp³-hybridized carbons (Fsp3) is 0.538. The molecule has 0 spiro atoms. The third kappa shape index (κ3) is 4.53. The molecular weight excluding hydrogens is 309 g/mol. The number of rotatable bonds is 4. The van der Waals surface area contributed by atoms with E-state index in [9.17, 15) is 8.78 Å². The predicted octanol–water partition coefficient (Wildman–Crippen LogP) is 2.18. The first-order chi connectivity index (χ1) is 8.61. The van der Waals surface area contributed by atoms with E-state index in [1.807, 2.05) is 0 Å². The van der Waals surface area contributed by atoms with E-state index in [-0.39, 0.29) is 42.6 Å². The van der Waals surface area contributed by atoms with Gasteiger partial charge in [0, 0.05) is 38.7 Å². The van der Waals surface area contributed by atoms with Crippen molar-refractivity contribution in [3.63, 3.8) is 0 Å². The van der Waals surface area contributed by atoms with E-state index in [2.05, 4.69) is 4.90 Å². The molecule has 2 atom stereocenters. The number of likely N-dealkylation sites (tertiary alicyclic amines) is 1. The Hall–Kier alpha value is -0.460. The van der Waals surface area contributed by atoms with E-state index in [1.165, 1.54) is 6.07 Å². The maximum atomic E-state index is 13.7. The number of hydrogen-bond donors (Lipinski definition) is 1. The van der Waals surface area contributed by atoms with Crippen LogP contribution >= 0.6 is 24.8 Å². The summed E-state index contributed by atoms with van der Waals surface area (Å²) in [4.78, 5) is 2.11. The highest BCUT2D eigenvalue weighted by molar-refractivity contribution is 5.85. The number of nitrogens with zero attached hydrogens (tertiary/aromatic N) is 1. The molecule has 1 aliphatic rings. The summed E-state index contributed by atoms with van der Waals surface area (Å²) >= 11 is 0. The van der Waals surface area contributed by atoms with Gasteiger partial charge in [0.15, 0.2) is 0 Å². The molecule has 7 heteroatoms. The van der Waals surface area contributed by atoms with Crippen molar-refractivity contribution < 1.29 is 13.5 Å². The zero-order chi connectivity index (χ0) is 13.1. The molecule has 1 saturated heterocycles. The van der Waals surface area contributed by atoms with E-state index in [0.29, 0.717) is 25.3 Å². The van der Waals surface area contributed by atoms with E-state index in [0.717, 1.165) is 18.7 Å². The van der Waals surface area contributed by atoms with Gasteiger partial charge < -0.3 is 10.5 Å². The van der Waals surface area contributed by atoms with Crippen LogP contribution in [0.15, 0.2) is 18.2 Å². The van der Waals surface area contributed by atoms with Crippen LogP contribution in [0.1, 0.15) is 11.5 Å². The molecule has 0 saturated carbocycles. The molecule has 0 unspecified atom stereocenters. The van der Waals surface area contributed by atoms with Crippen molar-refractivity contribution in [3.8, 4) is 0 Å². The van der Waals surface area contributed by atoms with Gasteiger partial charge in [0.25, 0.3) is 0 Å². The summed E-state index contributed by atoms with van der Waals surface area (Å²) < 4.78 is 31.9. The van der Waals surface area contributed by atoms with Crippen LogP contribution in [0.2, 0.25) is 0 Å². The number of ether oxygens (including phenoxy) is 1. The lowest BCUT2D eigenvalue weighted by Gasteiger charge is -2.16. The largest absolute Gasteiger partial charge is 0.383 e. The second-order valence-electron chi connectivity index (χ2n) is 4.69. The normalized spacial score (nSPS) is 22.2.